The Bertz CT molecular complexity index is 388. The Balaban J connectivity index is -0.0000000206. The summed E-state index contributed by atoms with van der Waals surface area (Å²) in [5.41, 5.74) is 0. The van der Waals surface area contributed by atoms with Crippen LogP contribution in [0.25, 0.3) is 0 Å². The van der Waals surface area contributed by atoms with Gasteiger partial charge in [0, 0.05) is 131 Å². The minimum absolute atomic E-state index is 0. The van der Waals surface area contributed by atoms with Crippen molar-refractivity contribution >= 4 is 0 Å². The maximum atomic E-state index is 12.4. The van der Waals surface area contributed by atoms with Crippen molar-refractivity contribution in [1.29, 1.82) is 0 Å². The van der Waals surface area contributed by atoms with Gasteiger partial charge >= 0.3 is 0 Å². The summed E-state index contributed by atoms with van der Waals surface area (Å²) in [6, 6.07) is 0. The maximum Gasteiger partial charge on any atom is 0.0976 e. The number of rotatable bonds is 2. The van der Waals surface area contributed by atoms with Crippen molar-refractivity contribution in [3.05, 3.63) is 55.4 Å². The van der Waals surface area contributed by atoms with Crippen LogP contribution in [0.15, 0.2) is 0 Å². The van der Waals surface area contributed by atoms with Crippen LogP contribution < -0.4 is 0 Å². The third-order valence-electron chi connectivity index (χ3n) is 6.81. The molecule has 4 aliphatic rings. The van der Waals surface area contributed by atoms with Gasteiger partial charge < -0.3 is 55.4 Å². The first-order chi connectivity index (χ1) is 20.0. The molecule has 52 heavy (non-hydrogen) atoms. The molecule has 4 rings (SSSR count). The van der Waals surface area contributed by atoms with Gasteiger partial charge in [-0.05, 0) is 24.7 Å². The normalized spacial score (nSPS) is 18.4. The van der Waals surface area contributed by atoms with E-state index in [1.807, 2.05) is 55.4 Å². The first-order valence-corrected chi connectivity index (χ1v) is 17.3. The van der Waals surface area contributed by atoms with Crippen LogP contribution in [0.5, 0.6) is 0 Å². The molecule has 0 aromatic rings. The van der Waals surface area contributed by atoms with Crippen LogP contribution in [0.2, 0.25) is 0 Å². The molecule has 0 N–H and O–H groups in total. The molecular formula is C44H100F4Y4-8. The first kappa shape index (κ1) is 106. The maximum absolute atomic E-state index is 12.4. The molecule has 0 aliphatic heterocycles. The zero-order valence-electron chi connectivity index (χ0n) is 34.6. The van der Waals surface area contributed by atoms with Gasteiger partial charge in [-0.25, -0.2) is 4.39 Å². The van der Waals surface area contributed by atoms with Gasteiger partial charge in [-0.2, -0.15) is 50.4 Å². The molecule has 4 radical (unpaired) electrons. The molecule has 8 heteroatoms. The molecule has 3 unspecified atom stereocenters. The topological polar surface area (TPSA) is 0 Å². The Morgan fingerprint density at radius 2 is 0.788 bits per heavy atom. The molecule has 0 bridgehead atoms. The van der Waals surface area contributed by atoms with Gasteiger partial charge in [-0.1, -0.05) is 124 Å². The van der Waals surface area contributed by atoms with Gasteiger partial charge in [0.25, 0.3) is 0 Å². The average molecular weight is 1060 g/mol. The molecule has 4 saturated carbocycles. The average Bonchev–Trinajstić information content (AvgIpc) is 3.35. The molecule has 0 heterocycles. The number of hydrogen-bond acceptors (Lipinski definition) is 0. The van der Waals surface area contributed by atoms with Crippen molar-refractivity contribution in [3.8, 4) is 0 Å². The van der Waals surface area contributed by atoms with E-state index in [0.29, 0.717) is 24.9 Å². The quantitative estimate of drug-likeness (QED) is 0.147. The van der Waals surface area contributed by atoms with E-state index in [4.69, 9.17) is 0 Å². The SMILES string of the molecule is C.C.C.C.CC.CC.CC.CC.CF.FC1CC[CH-]CCC1.FCC1CC[CH-]CC1.[CH2-]C1CCC(CF)C1.[CH2-]C1CC[CH-]CC1.[CH3-].[CH3-].[CH3-].[Y].[Y].[Y].[Y]. The van der Waals surface area contributed by atoms with E-state index in [1.165, 1.54) is 25.7 Å². The van der Waals surface area contributed by atoms with E-state index in [0.717, 1.165) is 83.0 Å². The second-order valence-corrected chi connectivity index (χ2v) is 9.87. The van der Waals surface area contributed by atoms with Crippen molar-refractivity contribution in [2.75, 3.05) is 20.5 Å². The van der Waals surface area contributed by atoms with Crippen molar-refractivity contribution in [2.45, 2.75) is 194 Å². The zero-order chi connectivity index (χ0) is 32.7. The summed E-state index contributed by atoms with van der Waals surface area (Å²) in [5.74, 6) is 2.03. The minimum atomic E-state index is -0.506. The van der Waals surface area contributed by atoms with Crippen LogP contribution in [-0.4, -0.2) is 26.7 Å². The molecule has 0 saturated heterocycles. The van der Waals surface area contributed by atoms with Crippen LogP contribution in [-0.2, 0) is 131 Å². The van der Waals surface area contributed by atoms with E-state index in [9.17, 15) is 17.6 Å². The summed E-state index contributed by atoms with van der Waals surface area (Å²) < 4.78 is 45.6. The standard InChI is InChI=1S/3C7H12F.C7H12.4C2H6.CH3F.4CH4.3CH3.4Y/c1-6-2-3-7(4-6)5-8;8-6-7-4-2-1-3-5-7;8-7-5-3-1-2-4-6-7;1-7-5-3-2-4-6-7;5*1-2;;;;;;;;;;;/h6-7H,1-5H2;2*1,7H,2-6H2;2,7H,1,3-6H2;4*1-2H3;1H3;4*1H4;3*1H3;;;;/q3*-1;-2;;;;;;;;;;3*-1;;;;. The third kappa shape index (κ3) is 86.1. The largest absolute Gasteiger partial charge is 0.358 e. The second kappa shape index (κ2) is 100. The first-order valence-electron chi connectivity index (χ1n) is 17.3. The van der Waals surface area contributed by atoms with Gasteiger partial charge in [0.15, 0.2) is 0 Å². The molecule has 0 spiro atoms. The molecular weight excluding hydrogens is 960 g/mol. The molecule has 4 aliphatic carbocycles. The van der Waals surface area contributed by atoms with Crippen LogP contribution in [0, 0.1) is 79.1 Å². The summed E-state index contributed by atoms with van der Waals surface area (Å²) in [7, 11) is 0.500. The Morgan fingerprint density at radius 3 is 1.04 bits per heavy atom. The number of alkyl halides is 4. The summed E-state index contributed by atoms with van der Waals surface area (Å²) in [6.45, 7) is 23.6. The molecule has 3 atom stereocenters. The fraction of sp³-hybridized carbons (Fsp3) is 0.818. The minimum Gasteiger partial charge on any atom is -0.358 e. The Labute approximate surface area is 436 Å². The molecule has 0 nitrogen and oxygen atoms in total. The van der Waals surface area contributed by atoms with E-state index in [2.05, 4.69) is 33.1 Å². The van der Waals surface area contributed by atoms with Gasteiger partial charge in [0.2, 0.25) is 0 Å². The van der Waals surface area contributed by atoms with Gasteiger partial charge in [0.1, 0.15) is 0 Å². The van der Waals surface area contributed by atoms with Crippen molar-refractivity contribution in [1.82, 2.24) is 0 Å². The summed E-state index contributed by atoms with van der Waals surface area (Å²) in [5, 5.41) is 0. The fourth-order valence-electron chi connectivity index (χ4n) is 4.54. The zero-order valence-corrected chi connectivity index (χ0v) is 45.9. The Hall–Kier alpha value is 4.14. The van der Waals surface area contributed by atoms with Gasteiger partial charge in [-0.15, -0.1) is 12.8 Å². The fourth-order valence-corrected chi connectivity index (χ4v) is 4.54. The molecule has 324 valence electrons. The second-order valence-electron chi connectivity index (χ2n) is 9.87. The van der Waals surface area contributed by atoms with E-state index < -0.39 is 6.17 Å². The van der Waals surface area contributed by atoms with Gasteiger partial charge in [-0.3, -0.25) is 13.2 Å². The van der Waals surface area contributed by atoms with Crippen molar-refractivity contribution in [2.24, 2.45) is 23.7 Å². The van der Waals surface area contributed by atoms with Crippen LogP contribution in [0.3, 0.4) is 0 Å². The van der Waals surface area contributed by atoms with Crippen molar-refractivity contribution in [3.63, 3.8) is 0 Å². The van der Waals surface area contributed by atoms with Crippen LogP contribution in [0.4, 0.5) is 17.6 Å². The number of hydrogen-bond donors (Lipinski definition) is 0. The Morgan fingerprint density at radius 1 is 0.462 bits per heavy atom. The number of halogens is 4. The summed E-state index contributed by atoms with van der Waals surface area (Å²) in [4.78, 5) is 0. The van der Waals surface area contributed by atoms with E-state index >= 15 is 0 Å². The predicted octanol–water partition coefficient (Wildman–Crippen LogP) is 17.8. The van der Waals surface area contributed by atoms with Gasteiger partial charge in [0.05, 0.1) is 26.7 Å². The smallest absolute Gasteiger partial charge is 0.0976 e. The molecule has 0 amide bonds. The van der Waals surface area contributed by atoms with Crippen LogP contribution in [0.1, 0.15) is 188 Å². The van der Waals surface area contributed by atoms with Crippen LogP contribution >= 0.6 is 0 Å². The van der Waals surface area contributed by atoms with E-state index in [1.54, 1.807) is 0 Å². The van der Waals surface area contributed by atoms with E-state index in [-0.39, 0.29) is 196 Å². The molecule has 4 fully saturated rings. The summed E-state index contributed by atoms with van der Waals surface area (Å²) >= 11 is 0. The third-order valence-corrected chi connectivity index (χ3v) is 6.81. The molecule has 0 aromatic carbocycles. The summed E-state index contributed by atoms with van der Waals surface area (Å²) in [6.07, 6.45) is 23.9. The monoisotopic (exact) mass is 1060 g/mol. The molecule has 0 aromatic heterocycles. The predicted molar refractivity (Wildman–Crippen MR) is 227 cm³/mol. The van der Waals surface area contributed by atoms with Crippen molar-refractivity contribution < 1.29 is 148 Å². The Kier molecular flexibility index (Phi) is 204.